The summed E-state index contributed by atoms with van der Waals surface area (Å²) in [4.78, 5) is 46.9. The van der Waals surface area contributed by atoms with Gasteiger partial charge in [0.25, 0.3) is 1.43 Å². The molecule has 0 amide bonds. The summed E-state index contributed by atoms with van der Waals surface area (Å²) < 4.78 is 6.27. The van der Waals surface area contributed by atoms with Crippen LogP contribution in [0.25, 0.3) is 1.43 Å². The third kappa shape index (κ3) is 26.4. The van der Waals surface area contributed by atoms with Gasteiger partial charge in [-0.05, 0) is 38.3 Å². The summed E-state index contributed by atoms with van der Waals surface area (Å²) in [5.74, 6) is -7.97. The van der Waals surface area contributed by atoms with E-state index in [4.69, 9.17) is 58.2 Å². The molecule has 0 bridgehead atoms. The van der Waals surface area contributed by atoms with Crippen LogP contribution in [-0.4, -0.2) is 74.0 Å². The molecule has 0 radical (unpaired) electrons. The SMILES string of the molecule is CC(N)Cc1ccccc1.O=C(O)C(=O)O.O=C(O)C(=O)O.[2H]OC(=O)[C@@H](N)CCCCN. The molecule has 1 aromatic carbocycles. The Morgan fingerprint density at radius 2 is 1.31 bits per heavy atom. The number of unbranched alkanes of at least 4 members (excludes halogenated alkanes) is 1. The Bertz CT molecular complexity index is 669. The van der Waals surface area contributed by atoms with Crippen molar-refractivity contribution in [2.75, 3.05) is 6.54 Å². The fourth-order valence-electron chi connectivity index (χ4n) is 1.61. The van der Waals surface area contributed by atoms with Crippen LogP contribution in [0.3, 0.4) is 0 Å². The second-order valence-electron chi connectivity index (χ2n) is 6.10. The molecule has 13 heteroatoms. The average molecular weight is 462 g/mol. The summed E-state index contributed by atoms with van der Waals surface area (Å²) in [5, 5.41) is 33.3. The molecule has 0 fully saturated rings. The highest BCUT2D eigenvalue weighted by Gasteiger charge is 2.09. The van der Waals surface area contributed by atoms with E-state index in [0.717, 1.165) is 19.3 Å². The van der Waals surface area contributed by atoms with E-state index in [1.54, 1.807) is 0 Å². The van der Waals surface area contributed by atoms with Gasteiger partial charge in [0.05, 0.1) is 0 Å². The summed E-state index contributed by atoms with van der Waals surface area (Å²) >= 11 is 0. The molecule has 0 saturated heterocycles. The standard InChI is InChI=1S/C9H13N.C6H14N2O2.2C2H2O4/c1-8(10)7-9-5-3-2-4-6-9;7-4-2-1-3-5(8)6(9)10;2*3-1(4)2(5)6/h2-6,8H,7,10H2,1H3;5H,1-4,7-8H2,(H,9,10);2*(H,3,4)(H,5,6)/t;5-;;/m.0../s1/i/hD. The molecule has 0 aliphatic heterocycles. The number of aliphatic carboxylic acids is 5. The number of rotatable bonds is 7. The van der Waals surface area contributed by atoms with Crippen LogP contribution in [0.4, 0.5) is 0 Å². The zero-order chi connectivity index (χ0) is 26.4. The van der Waals surface area contributed by atoms with Crippen molar-refractivity contribution in [2.45, 2.75) is 44.7 Å². The van der Waals surface area contributed by atoms with Crippen molar-refractivity contribution in [1.29, 1.82) is 1.43 Å². The number of carboxylic acids is 5. The maximum Gasteiger partial charge on any atom is 0.414 e. The molecule has 1 aromatic rings. The van der Waals surface area contributed by atoms with E-state index in [-0.39, 0.29) is 6.04 Å². The van der Waals surface area contributed by atoms with E-state index in [1.165, 1.54) is 5.56 Å². The van der Waals surface area contributed by atoms with E-state index in [0.29, 0.717) is 13.0 Å². The highest BCUT2D eigenvalue weighted by atomic mass is 16.4. The van der Waals surface area contributed by atoms with Crippen LogP contribution < -0.4 is 17.2 Å². The molecule has 0 heterocycles. The maximum atomic E-state index is 10.5. The minimum Gasteiger partial charge on any atom is -0.480 e. The first-order valence-electron chi connectivity index (χ1n) is 9.55. The molecule has 2 atom stereocenters. The highest BCUT2D eigenvalue weighted by Crippen LogP contribution is 2.00. The maximum absolute atomic E-state index is 10.5. The summed E-state index contributed by atoms with van der Waals surface area (Å²) in [6, 6.07) is 9.90. The minimum atomic E-state index is -1.82. The number of carboxylic acid groups (broad SMARTS) is 5. The Kier molecular flexibility index (Phi) is 19.8. The minimum absolute atomic E-state index is 0.266. The van der Waals surface area contributed by atoms with Crippen molar-refractivity contribution in [3.8, 4) is 0 Å². The Morgan fingerprint density at radius 1 is 0.875 bits per heavy atom. The Hall–Kier alpha value is -3.55. The number of hydrogen-bond donors (Lipinski definition) is 8. The molecular weight excluding hydrogens is 430 g/mol. The van der Waals surface area contributed by atoms with Crippen LogP contribution in [0.2, 0.25) is 0 Å². The van der Waals surface area contributed by atoms with Crippen LogP contribution >= 0.6 is 0 Å². The van der Waals surface area contributed by atoms with Crippen molar-refractivity contribution in [3.63, 3.8) is 0 Å². The summed E-state index contributed by atoms with van der Waals surface area (Å²) in [5.41, 5.74) is 17.5. The van der Waals surface area contributed by atoms with Gasteiger partial charge in [-0.2, -0.15) is 0 Å². The van der Waals surface area contributed by atoms with E-state index in [1.807, 2.05) is 25.1 Å². The lowest BCUT2D eigenvalue weighted by molar-refractivity contribution is -0.159. The van der Waals surface area contributed by atoms with Gasteiger partial charge in [0.2, 0.25) is 0 Å². The van der Waals surface area contributed by atoms with E-state index in [2.05, 4.69) is 17.2 Å². The average Bonchev–Trinajstić information content (AvgIpc) is 2.74. The number of nitrogens with two attached hydrogens (primary N) is 3. The first kappa shape index (κ1) is 30.6. The normalized spacial score (nSPS) is 11.2. The quantitative estimate of drug-likeness (QED) is 0.186. The van der Waals surface area contributed by atoms with Crippen LogP contribution in [0, 0.1) is 0 Å². The van der Waals surface area contributed by atoms with Crippen molar-refractivity contribution >= 4 is 29.8 Å². The Balaban J connectivity index is -0.000000378. The molecule has 1 rings (SSSR count). The fraction of sp³-hybridized carbons (Fsp3) is 0.421. The van der Waals surface area contributed by atoms with Crippen LogP contribution in [0.5, 0.6) is 0 Å². The first-order chi connectivity index (χ1) is 15.3. The molecular formula is C19H31N3O10. The molecule has 0 saturated carbocycles. The molecule has 0 aromatic heterocycles. The van der Waals surface area contributed by atoms with Crippen molar-refractivity contribution < 1.29 is 49.5 Å². The van der Waals surface area contributed by atoms with E-state index in [9.17, 15) is 4.79 Å². The van der Waals surface area contributed by atoms with E-state index < -0.39 is 35.9 Å². The number of hydrogen-bond acceptors (Lipinski definition) is 9. The van der Waals surface area contributed by atoms with Crippen LogP contribution in [0.1, 0.15) is 31.7 Å². The van der Waals surface area contributed by atoms with Gasteiger partial charge in [-0.25, -0.2) is 19.2 Å². The van der Waals surface area contributed by atoms with Crippen molar-refractivity contribution in [2.24, 2.45) is 17.2 Å². The number of carbonyl (C=O) groups is 5. The molecule has 0 aliphatic rings. The van der Waals surface area contributed by atoms with Crippen molar-refractivity contribution in [1.82, 2.24) is 0 Å². The van der Waals surface area contributed by atoms with Gasteiger partial charge in [0.1, 0.15) is 6.04 Å². The van der Waals surface area contributed by atoms with Gasteiger partial charge in [0, 0.05) is 6.04 Å². The molecule has 1 unspecified atom stereocenters. The smallest absolute Gasteiger partial charge is 0.414 e. The molecule has 0 aliphatic carbocycles. The van der Waals surface area contributed by atoms with Gasteiger partial charge >= 0.3 is 29.8 Å². The summed E-state index contributed by atoms with van der Waals surface area (Å²) in [6.07, 6.45) is 3.15. The van der Waals surface area contributed by atoms with Gasteiger partial charge in [-0.15, -0.1) is 0 Å². The second kappa shape index (κ2) is 20.7. The largest absolute Gasteiger partial charge is 0.480 e. The lowest BCUT2D eigenvalue weighted by Gasteiger charge is -2.03. The first-order valence-corrected chi connectivity index (χ1v) is 9.14. The third-order valence-electron chi connectivity index (χ3n) is 3.04. The molecule has 182 valence electrons. The lowest BCUT2D eigenvalue weighted by atomic mass is 10.1. The topological polar surface area (TPSA) is 265 Å². The molecule has 32 heavy (non-hydrogen) atoms. The van der Waals surface area contributed by atoms with Gasteiger partial charge in [-0.3, -0.25) is 4.79 Å². The summed E-state index contributed by atoms with van der Waals surface area (Å²) in [7, 11) is 0. The molecule has 11 N–H and O–H groups in total. The Morgan fingerprint density at radius 3 is 1.62 bits per heavy atom. The summed E-state index contributed by atoms with van der Waals surface area (Å²) in [6.45, 7) is 2.62. The van der Waals surface area contributed by atoms with Gasteiger partial charge < -0.3 is 42.7 Å². The lowest BCUT2D eigenvalue weighted by Crippen LogP contribution is -2.29. The van der Waals surface area contributed by atoms with Crippen LogP contribution in [-0.2, 0) is 30.4 Å². The predicted molar refractivity (Wildman–Crippen MR) is 113 cm³/mol. The van der Waals surface area contributed by atoms with Gasteiger partial charge in [0.15, 0.2) is 0 Å². The highest BCUT2D eigenvalue weighted by molar-refractivity contribution is 6.27. The zero-order valence-electron chi connectivity index (χ0n) is 18.5. The fourth-order valence-corrected chi connectivity index (χ4v) is 1.61. The predicted octanol–water partition coefficient (Wildman–Crippen LogP) is -0.585. The monoisotopic (exact) mass is 462 g/mol. The number of benzene rings is 1. The molecule has 0 spiro atoms. The van der Waals surface area contributed by atoms with Crippen LogP contribution in [0.15, 0.2) is 30.3 Å². The molecule has 13 nitrogen and oxygen atoms in total. The Labute approximate surface area is 185 Å². The second-order valence-corrected chi connectivity index (χ2v) is 6.10. The third-order valence-corrected chi connectivity index (χ3v) is 3.04. The van der Waals surface area contributed by atoms with Crippen molar-refractivity contribution in [3.05, 3.63) is 35.9 Å². The zero-order valence-corrected chi connectivity index (χ0v) is 17.5. The van der Waals surface area contributed by atoms with Gasteiger partial charge in [-0.1, -0.05) is 36.8 Å². The van der Waals surface area contributed by atoms with E-state index >= 15 is 0 Å².